The number of nitrogens with zero attached hydrogens (tertiary/aromatic N) is 3. The molecule has 3 N–H and O–H groups in total. The van der Waals surface area contributed by atoms with Gasteiger partial charge in [-0.3, -0.25) is 9.98 Å². The number of hydrogen-bond donors (Lipinski definition) is 3. The number of dihydropyridines is 1. The Bertz CT molecular complexity index is 736. The molecule has 0 spiro atoms. The van der Waals surface area contributed by atoms with E-state index >= 15 is 0 Å². The van der Waals surface area contributed by atoms with Crippen molar-refractivity contribution in [3.8, 4) is 0 Å². The fourth-order valence-electron chi connectivity index (χ4n) is 3.50. The van der Waals surface area contributed by atoms with Crippen LogP contribution in [0.25, 0.3) is 0 Å². The van der Waals surface area contributed by atoms with Crippen LogP contribution in [-0.2, 0) is 0 Å². The smallest absolute Gasteiger partial charge is 0.0737 e. The van der Waals surface area contributed by atoms with Crippen molar-refractivity contribution in [2.75, 3.05) is 32.7 Å². The van der Waals surface area contributed by atoms with Crippen molar-refractivity contribution in [1.82, 2.24) is 20.9 Å². The molecule has 2 heterocycles. The van der Waals surface area contributed by atoms with Crippen LogP contribution in [0.3, 0.4) is 0 Å². The van der Waals surface area contributed by atoms with Crippen molar-refractivity contribution in [3.63, 3.8) is 0 Å². The third-order valence-corrected chi connectivity index (χ3v) is 4.99. The van der Waals surface area contributed by atoms with Crippen molar-refractivity contribution in [1.29, 1.82) is 0 Å². The van der Waals surface area contributed by atoms with Gasteiger partial charge in [-0.25, -0.2) is 0 Å². The van der Waals surface area contributed by atoms with Crippen LogP contribution in [0.1, 0.15) is 20.3 Å². The van der Waals surface area contributed by atoms with E-state index in [0.29, 0.717) is 0 Å². The van der Waals surface area contributed by atoms with E-state index in [2.05, 4.69) is 81.9 Å². The van der Waals surface area contributed by atoms with Crippen molar-refractivity contribution in [2.24, 2.45) is 9.98 Å². The molecule has 0 unspecified atom stereocenters. The maximum absolute atomic E-state index is 4.35. The lowest BCUT2D eigenvalue weighted by molar-refractivity contribution is 0.132. The van der Waals surface area contributed by atoms with Crippen LogP contribution in [0.15, 0.2) is 69.9 Å². The Morgan fingerprint density at radius 1 is 1.30 bits per heavy atom. The van der Waals surface area contributed by atoms with Crippen LogP contribution in [0, 0.1) is 0 Å². The van der Waals surface area contributed by atoms with Gasteiger partial charge in [-0.05, 0) is 38.3 Å². The Hall–Kier alpha value is -2.60. The summed E-state index contributed by atoms with van der Waals surface area (Å²) in [7, 11) is 0. The minimum absolute atomic E-state index is 0.103. The minimum atomic E-state index is 0.103. The molecule has 1 fully saturated rings. The second-order valence-electron chi connectivity index (χ2n) is 7.47. The summed E-state index contributed by atoms with van der Waals surface area (Å²) in [6.45, 7) is 12.7. The van der Waals surface area contributed by atoms with Gasteiger partial charge >= 0.3 is 0 Å². The average molecular weight is 367 g/mol. The zero-order valence-corrected chi connectivity index (χ0v) is 16.3. The second kappa shape index (κ2) is 8.86. The highest BCUT2D eigenvalue weighted by atomic mass is 15.3. The first-order chi connectivity index (χ1) is 13.1. The lowest BCUT2D eigenvalue weighted by Gasteiger charge is -2.46. The summed E-state index contributed by atoms with van der Waals surface area (Å²) in [6, 6.07) is 0. The van der Waals surface area contributed by atoms with Gasteiger partial charge in [0.05, 0.1) is 11.4 Å². The quantitative estimate of drug-likeness (QED) is 0.630. The Labute approximate surface area is 162 Å². The van der Waals surface area contributed by atoms with E-state index in [9.17, 15) is 0 Å². The molecule has 0 aromatic carbocycles. The van der Waals surface area contributed by atoms with Crippen LogP contribution in [-0.4, -0.2) is 55.6 Å². The Balaban J connectivity index is 1.60. The normalized spacial score (nSPS) is 23.6. The van der Waals surface area contributed by atoms with Gasteiger partial charge in [0.1, 0.15) is 0 Å². The molecule has 2 aliphatic heterocycles. The van der Waals surface area contributed by atoms with E-state index in [1.807, 2.05) is 0 Å². The number of hydrogen-bond acceptors (Lipinski definition) is 6. The maximum atomic E-state index is 4.35. The van der Waals surface area contributed by atoms with E-state index in [1.54, 1.807) is 12.4 Å². The number of piperazine rings is 1. The molecule has 0 aromatic heterocycles. The van der Waals surface area contributed by atoms with E-state index in [1.165, 1.54) is 11.3 Å². The third-order valence-electron chi connectivity index (χ3n) is 4.99. The molecule has 0 amide bonds. The summed E-state index contributed by atoms with van der Waals surface area (Å²) in [6.07, 6.45) is 14.9. The summed E-state index contributed by atoms with van der Waals surface area (Å²) < 4.78 is 0. The maximum Gasteiger partial charge on any atom is 0.0737 e. The zero-order chi connectivity index (χ0) is 19.1. The van der Waals surface area contributed by atoms with E-state index < -0.39 is 0 Å². The Morgan fingerprint density at radius 3 is 2.93 bits per heavy atom. The van der Waals surface area contributed by atoms with Gasteiger partial charge in [0, 0.05) is 69.0 Å². The number of rotatable bonds is 6. The lowest BCUT2D eigenvalue weighted by Crippen LogP contribution is -2.58. The number of allylic oxidation sites excluding steroid dienone is 2. The molecule has 0 saturated carbocycles. The van der Waals surface area contributed by atoms with E-state index in [4.69, 9.17) is 0 Å². The van der Waals surface area contributed by atoms with Crippen LogP contribution >= 0.6 is 0 Å². The molecule has 6 nitrogen and oxygen atoms in total. The summed E-state index contributed by atoms with van der Waals surface area (Å²) in [5.41, 5.74) is 4.85. The lowest BCUT2D eigenvalue weighted by atomic mass is 9.97. The molecule has 0 radical (unpaired) electrons. The first kappa shape index (κ1) is 19.2. The van der Waals surface area contributed by atoms with Gasteiger partial charge < -0.3 is 20.9 Å². The van der Waals surface area contributed by atoms with E-state index in [0.717, 1.165) is 50.6 Å². The number of aliphatic imine (C=N–C) groups is 2. The summed E-state index contributed by atoms with van der Waals surface area (Å²) >= 11 is 0. The van der Waals surface area contributed by atoms with Gasteiger partial charge in [-0.15, -0.1) is 0 Å². The first-order valence-corrected chi connectivity index (χ1v) is 9.51. The topological polar surface area (TPSA) is 64.0 Å². The molecule has 1 saturated heterocycles. The van der Waals surface area contributed by atoms with Crippen molar-refractivity contribution in [2.45, 2.75) is 25.8 Å². The molecule has 0 bridgehead atoms. The van der Waals surface area contributed by atoms with Crippen LogP contribution in [0.4, 0.5) is 0 Å². The monoisotopic (exact) mass is 366 g/mol. The van der Waals surface area contributed by atoms with Crippen molar-refractivity contribution >= 4 is 12.4 Å². The predicted octanol–water partition coefficient (Wildman–Crippen LogP) is 2.09. The summed E-state index contributed by atoms with van der Waals surface area (Å²) in [5.74, 6) is 0. The zero-order valence-electron chi connectivity index (χ0n) is 16.3. The average Bonchev–Trinajstić information content (AvgIpc) is 2.68. The Morgan fingerprint density at radius 2 is 2.19 bits per heavy atom. The molecule has 3 rings (SSSR count). The summed E-state index contributed by atoms with van der Waals surface area (Å²) in [4.78, 5) is 10.5. The van der Waals surface area contributed by atoms with Gasteiger partial charge in [0.25, 0.3) is 0 Å². The van der Waals surface area contributed by atoms with Crippen LogP contribution in [0.2, 0.25) is 0 Å². The molecule has 0 atom stereocenters. The van der Waals surface area contributed by atoms with Crippen molar-refractivity contribution in [3.05, 3.63) is 59.9 Å². The molecule has 6 heteroatoms. The SMILES string of the molecule is C=N/C=C\N=C1C=CC(CNC2=CNCC=C2N2CCNCC2(C)C)=CC1. The largest absolute Gasteiger partial charge is 0.386 e. The van der Waals surface area contributed by atoms with Crippen molar-refractivity contribution < 1.29 is 0 Å². The van der Waals surface area contributed by atoms with Gasteiger partial charge in [0.15, 0.2) is 0 Å². The molecule has 3 aliphatic rings. The fraction of sp³-hybridized carbons (Fsp3) is 0.429. The van der Waals surface area contributed by atoms with Crippen LogP contribution in [0.5, 0.6) is 0 Å². The van der Waals surface area contributed by atoms with Gasteiger partial charge in [-0.1, -0.05) is 12.2 Å². The molecular weight excluding hydrogens is 336 g/mol. The second-order valence-corrected chi connectivity index (χ2v) is 7.47. The summed E-state index contributed by atoms with van der Waals surface area (Å²) in [5, 5.41) is 10.4. The molecule has 27 heavy (non-hydrogen) atoms. The standard InChI is InChI=1S/C21H30N6/c1-21(2)16-24-12-13-27(21)20-8-9-23-15-19(20)26-14-17-4-6-18(7-5-17)25-11-10-22-3/h4-6,8,10-11,15,23-24,26H,3,7,9,12-14,16H2,1-2H3/b11-10-,25-18?. The highest BCUT2D eigenvalue weighted by molar-refractivity contribution is 5.98. The van der Waals surface area contributed by atoms with Crippen LogP contribution < -0.4 is 16.0 Å². The Kier molecular flexibility index (Phi) is 6.29. The molecular formula is C21H30N6. The fourth-order valence-corrected chi connectivity index (χ4v) is 3.50. The van der Waals surface area contributed by atoms with Gasteiger partial charge in [-0.2, -0.15) is 0 Å². The third kappa shape index (κ3) is 4.98. The predicted molar refractivity (Wildman–Crippen MR) is 114 cm³/mol. The minimum Gasteiger partial charge on any atom is -0.386 e. The highest BCUT2D eigenvalue weighted by Crippen LogP contribution is 2.26. The molecule has 0 aromatic rings. The highest BCUT2D eigenvalue weighted by Gasteiger charge is 2.32. The number of nitrogens with one attached hydrogen (secondary N) is 3. The molecule has 144 valence electrons. The van der Waals surface area contributed by atoms with Gasteiger partial charge in [0.2, 0.25) is 0 Å². The first-order valence-electron chi connectivity index (χ1n) is 9.51. The van der Waals surface area contributed by atoms with E-state index in [-0.39, 0.29) is 5.54 Å². The molecule has 1 aliphatic carbocycles.